The molecule has 1 aliphatic heterocycles. The van der Waals surface area contributed by atoms with Gasteiger partial charge in [-0.25, -0.2) is 8.78 Å². The Kier molecular flexibility index (Phi) is 7.21. The van der Waals surface area contributed by atoms with Crippen LogP contribution < -0.4 is 10.6 Å². The van der Waals surface area contributed by atoms with Gasteiger partial charge >= 0.3 is 0 Å². The van der Waals surface area contributed by atoms with Crippen molar-refractivity contribution in [1.29, 1.82) is 0 Å². The van der Waals surface area contributed by atoms with E-state index < -0.39 is 11.6 Å². The molecule has 0 radical (unpaired) electrons. The van der Waals surface area contributed by atoms with Crippen LogP contribution in [0.1, 0.15) is 24.2 Å². The Morgan fingerprint density at radius 1 is 1.15 bits per heavy atom. The summed E-state index contributed by atoms with van der Waals surface area (Å²) in [6, 6.07) is 7.28. The number of aliphatic imine (C=N–C) groups is 1. The number of rotatable bonds is 8. The van der Waals surface area contributed by atoms with Crippen molar-refractivity contribution in [3.8, 4) is 0 Å². The molecule has 5 nitrogen and oxygen atoms in total. The minimum Gasteiger partial charge on any atom is -0.469 e. The maximum absolute atomic E-state index is 13.7. The van der Waals surface area contributed by atoms with Gasteiger partial charge in [-0.15, -0.1) is 0 Å². The van der Waals surface area contributed by atoms with Gasteiger partial charge in [-0.05, 0) is 55.2 Å². The second kappa shape index (κ2) is 10.1. The van der Waals surface area contributed by atoms with Gasteiger partial charge in [0.25, 0.3) is 0 Å². The summed E-state index contributed by atoms with van der Waals surface area (Å²) in [6.07, 6.45) is 4.96. The van der Waals surface area contributed by atoms with Crippen LogP contribution in [0.4, 0.5) is 8.78 Å². The Morgan fingerprint density at radius 2 is 2.00 bits per heavy atom. The fraction of sp³-hybridized carbons (Fsp3) is 0.450. The molecule has 27 heavy (non-hydrogen) atoms. The summed E-state index contributed by atoms with van der Waals surface area (Å²) in [5.41, 5.74) is 0.344. The number of furan rings is 1. The molecule has 1 fully saturated rings. The van der Waals surface area contributed by atoms with E-state index in [0.29, 0.717) is 37.6 Å². The monoisotopic (exact) mass is 377 g/mol. The summed E-state index contributed by atoms with van der Waals surface area (Å²) in [4.78, 5) is 4.57. The molecule has 146 valence electrons. The highest BCUT2D eigenvalue weighted by molar-refractivity contribution is 5.79. The number of ether oxygens (including phenoxy) is 1. The Bertz CT molecular complexity index is 729. The van der Waals surface area contributed by atoms with Gasteiger partial charge in [-0.3, -0.25) is 4.99 Å². The van der Waals surface area contributed by atoms with E-state index in [1.54, 1.807) is 6.26 Å². The summed E-state index contributed by atoms with van der Waals surface area (Å²) in [5, 5.41) is 6.43. The van der Waals surface area contributed by atoms with Crippen molar-refractivity contribution in [3.05, 3.63) is 59.6 Å². The molecule has 3 rings (SSSR count). The maximum atomic E-state index is 13.7. The highest BCUT2D eigenvalue weighted by Crippen LogP contribution is 2.12. The van der Waals surface area contributed by atoms with E-state index in [1.807, 2.05) is 12.1 Å². The molecule has 2 heterocycles. The molecule has 1 aromatic heterocycles. The van der Waals surface area contributed by atoms with E-state index in [9.17, 15) is 8.78 Å². The normalized spacial score (nSPS) is 17.3. The summed E-state index contributed by atoms with van der Waals surface area (Å²) < 4.78 is 37.9. The van der Waals surface area contributed by atoms with Crippen LogP contribution in [0.2, 0.25) is 0 Å². The molecule has 0 saturated carbocycles. The van der Waals surface area contributed by atoms with Crippen LogP contribution in [0.5, 0.6) is 0 Å². The standard InChI is InChI=1S/C20H25F2N3O2/c21-16-5-6-19(22)15(13-16)7-9-23-20(25-14-18-4-2-12-27-18)24-10-8-17-3-1-11-26-17/h1,3,5-6,11,13,18H,2,4,7-10,12,14H2,(H2,23,24,25). The van der Waals surface area contributed by atoms with E-state index in [4.69, 9.17) is 9.15 Å². The van der Waals surface area contributed by atoms with Gasteiger partial charge in [-0.1, -0.05) is 0 Å². The zero-order valence-electron chi connectivity index (χ0n) is 15.2. The van der Waals surface area contributed by atoms with Crippen LogP contribution in [0.3, 0.4) is 0 Å². The van der Waals surface area contributed by atoms with E-state index >= 15 is 0 Å². The second-order valence-corrected chi connectivity index (χ2v) is 6.49. The second-order valence-electron chi connectivity index (χ2n) is 6.49. The summed E-state index contributed by atoms with van der Waals surface area (Å²) >= 11 is 0. The molecular weight excluding hydrogens is 352 g/mol. The maximum Gasteiger partial charge on any atom is 0.191 e. The molecule has 0 bridgehead atoms. The predicted molar refractivity (Wildman–Crippen MR) is 99.8 cm³/mol. The molecule has 2 N–H and O–H groups in total. The minimum absolute atomic E-state index is 0.148. The Morgan fingerprint density at radius 3 is 2.74 bits per heavy atom. The lowest BCUT2D eigenvalue weighted by molar-refractivity contribution is 0.117. The van der Waals surface area contributed by atoms with E-state index in [-0.39, 0.29) is 6.10 Å². The molecule has 2 aromatic rings. The van der Waals surface area contributed by atoms with Gasteiger partial charge in [-0.2, -0.15) is 0 Å². The van der Waals surface area contributed by atoms with Gasteiger partial charge in [0.1, 0.15) is 17.4 Å². The van der Waals surface area contributed by atoms with Gasteiger partial charge < -0.3 is 19.8 Å². The fourth-order valence-corrected chi connectivity index (χ4v) is 2.97. The van der Waals surface area contributed by atoms with Gasteiger partial charge in [0.05, 0.1) is 18.9 Å². The van der Waals surface area contributed by atoms with Crippen molar-refractivity contribution in [1.82, 2.24) is 10.6 Å². The summed E-state index contributed by atoms with van der Waals surface area (Å²) in [6.45, 7) is 2.45. The number of halogens is 2. The van der Waals surface area contributed by atoms with Gasteiger partial charge in [0.2, 0.25) is 0 Å². The Labute approximate surface area is 157 Å². The number of nitrogens with zero attached hydrogens (tertiary/aromatic N) is 1. The average Bonchev–Trinajstić information content (AvgIpc) is 3.36. The van der Waals surface area contributed by atoms with E-state index in [2.05, 4.69) is 15.6 Å². The largest absolute Gasteiger partial charge is 0.469 e. The van der Waals surface area contributed by atoms with Gasteiger partial charge in [0, 0.05) is 26.1 Å². The highest BCUT2D eigenvalue weighted by Gasteiger charge is 2.15. The lowest BCUT2D eigenvalue weighted by Gasteiger charge is -2.14. The van der Waals surface area contributed by atoms with Crippen molar-refractivity contribution < 1.29 is 17.9 Å². The first-order valence-corrected chi connectivity index (χ1v) is 9.31. The third-order valence-electron chi connectivity index (χ3n) is 4.42. The number of hydrogen-bond acceptors (Lipinski definition) is 3. The fourth-order valence-electron chi connectivity index (χ4n) is 2.97. The number of nitrogens with one attached hydrogen (secondary N) is 2. The molecule has 0 aliphatic carbocycles. The van der Waals surface area contributed by atoms with Crippen molar-refractivity contribution in [2.45, 2.75) is 31.8 Å². The first kappa shape index (κ1) is 19.4. The number of benzene rings is 1. The molecule has 0 spiro atoms. The number of guanidine groups is 1. The topological polar surface area (TPSA) is 58.8 Å². The molecule has 1 atom stereocenters. The predicted octanol–water partition coefficient (Wildman–Crippen LogP) is 3.06. The number of hydrogen-bond donors (Lipinski definition) is 2. The zero-order chi connectivity index (χ0) is 18.9. The van der Waals surface area contributed by atoms with Crippen molar-refractivity contribution in [2.24, 2.45) is 4.99 Å². The van der Waals surface area contributed by atoms with Crippen LogP contribution in [0, 0.1) is 11.6 Å². The third kappa shape index (κ3) is 6.36. The molecule has 1 unspecified atom stereocenters. The lowest BCUT2D eigenvalue weighted by atomic mass is 10.1. The van der Waals surface area contributed by atoms with Crippen molar-refractivity contribution >= 4 is 5.96 Å². The van der Waals surface area contributed by atoms with Crippen LogP contribution in [-0.2, 0) is 17.6 Å². The van der Waals surface area contributed by atoms with Crippen LogP contribution in [0.25, 0.3) is 0 Å². The SMILES string of the molecule is Fc1ccc(F)c(CCNC(=NCC2CCCO2)NCCc2ccco2)c1. The first-order valence-electron chi connectivity index (χ1n) is 9.31. The first-order chi connectivity index (χ1) is 13.2. The van der Waals surface area contributed by atoms with Crippen LogP contribution in [-0.4, -0.2) is 38.3 Å². The van der Waals surface area contributed by atoms with Crippen LogP contribution >= 0.6 is 0 Å². The van der Waals surface area contributed by atoms with Crippen molar-refractivity contribution in [2.75, 3.05) is 26.2 Å². The van der Waals surface area contributed by atoms with Crippen molar-refractivity contribution in [3.63, 3.8) is 0 Å². The summed E-state index contributed by atoms with van der Waals surface area (Å²) in [5.74, 6) is 0.689. The molecule has 1 saturated heterocycles. The van der Waals surface area contributed by atoms with Crippen LogP contribution in [0.15, 0.2) is 46.0 Å². The van der Waals surface area contributed by atoms with Gasteiger partial charge in [0.15, 0.2) is 5.96 Å². The molecular formula is C20H25F2N3O2. The average molecular weight is 377 g/mol. The van der Waals surface area contributed by atoms with E-state index in [1.165, 1.54) is 6.07 Å². The lowest BCUT2D eigenvalue weighted by Crippen LogP contribution is -2.40. The molecule has 1 aliphatic rings. The third-order valence-corrected chi connectivity index (χ3v) is 4.42. The highest BCUT2D eigenvalue weighted by atomic mass is 19.1. The van der Waals surface area contributed by atoms with E-state index in [0.717, 1.165) is 43.8 Å². The summed E-state index contributed by atoms with van der Waals surface area (Å²) in [7, 11) is 0. The smallest absolute Gasteiger partial charge is 0.191 e. The quantitative estimate of drug-likeness (QED) is 0.548. The Balaban J connectivity index is 1.51. The molecule has 7 heteroatoms. The molecule has 1 aromatic carbocycles. The minimum atomic E-state index is -0.435. The molecule has 0 amide bonds. The Hall–Kier alpha value is -2.41. The zero-order valence-corrected chi connectivity index (χ0v) is 15.2.